The minimum Gasteiger partial charge on any atom is -0.324 e. The summed E-state index contributed by atoms with van der Waals surface area (Å²) in [5.41, 5.74) is 5.88. The molecule has 0 atom stereocenters. The molecule has 0 bridgehead atoms. The van der Waals surface area contributed by atoms with Crippen molar-refractivity contribution >= 4 is 28.2 Å². The molecule has 1 aromatic heterocycles. The number of ketones is 1. The minimum absolute atomic E-state index is 0.0751. The van der Waals surface area contributed by atoms with Gasteiger partial charge in [-0.05, 0) is 35.1 Å². The number of rotatable bonds is 3. The van der Waals surface area contributed by atoms with E-state index in [0.717, 1.165) is 41.5 Å². The van der Waals surface area contributed by atoms with Gasteiger partial charge in [-0.25, -0.2) is 0 Å². The molecule has 0 saturated carbocycles. The predicted molar refractivity (Wildman–Crippen MR) is 125 cm³/mol. The average Bonchev–Trinajstić information content (AvgIpc) is 2.82. The van der Waals surface area contributed by atoms with E-state index in [1.165, 1.54) is 11.1 Å². The number of hydrogen-bond acceptors (Lipinski definition) is 4. The molecular formula is C27H21N3O2. The van der Waals surface area contributed by atoms with Crippen LogP contribution in [0.4, 0.5) is 5.69 Å². The van der Waals surface area contributed by atoms with Gasteiger partial charge in [0, 0.05) is 35.8 Å². The van der Waals surface area contributed by atoms with E-state index < -0.39 is 0 Å². The van der Waals surface area contributed by atoms with Crippen LogP contribution >= 0.6 is 0 Å². The fourth-order valence-corrected chi connectivity index (χ4v) is 4.94. The van der Waals surface area contributed by atoms with Crippen molar-refractivity contribution < 1.29 is 9.59 Å². The number of pyridine rings is 1. The van der Waals surface area contributed by atoms with Gasteiger partial charge in [0.25, 0.3) is 0 Å². The highest BCUT2D eigenvalue weighted by Gasteiger charge is 2.29. The maximum Gasteiger partial charge on any atom is 0.238 e. The number of amides is 1. The van der Waals surface area contributed by atoms with Crippen LogP contribution in [0.1, 0.15) is 27.0 Å². The second-order valence-electron chi connectivity index (χ2n) is 8.40. The monoisotopic (exact) mass is 419 g/mol. The van der Waals surface area contributed by atoms with Gasteiger partial charge in [0.15, 0.2) is 5.78 Å². The normalized spacial score (nSPS) is 14.7. The second kappa shape index (κ2) is 7.39. The molecule has 1 aliphatic heterocycles. The Morgan fingerprint density at radius 2 is 1.75 bits per heavy atom. The van der Waals surface area contributed by atoms with E-state index in [0.29, 0.717) is 16.8 Å². The number of carbonyl (C=O) groups excluding carboxylic acids is 2. The molecule has 4 aromatic rings. The fourth-order valence-electron chi connectivity index (χ4n) is 4.94. The molecule has 5 heteroatoms. The molecule has 1 aliphatic carbocycles. The van der Waals surface area contributed by atoms with E-state index in [1.807, 2.05) is 42.5 Å². The van der Waals surface area contributed by atoms with Crippen LogP contribution in [0.15, 0.2) is 72.9 Å². The Morgan fingerprint density at radius 3 is 2.66 bits per heavy atom. The highest BCUT2D eigenvalue weighted by molar-refractivity contribution is 6.27. The summed E-state index contributed by atoms with van der Waals surface area (Å²) >= 11 is 0. The maximum absolute atomic E-state index is 13.4. The molecule has 1 amide bonds. The summed E-state index contributed by atoms with van der Waals surface area (Å²) in [5, 5.41) is 4.88. The molecule has 3 aromatic carbocycles. The standard InChI is InChI=1S/C27H21N3O2/c31-23(16-30-14-12-17-5-1-2-6-19(17)15-30)29-22-10-4-8-20-25(22)27(32)21-9-3-7-18-11-13-28-26(20)24(18)21/h1-11,13H,12,14-16H2,(H,29,31). The molecule has 0 saturated heterocycles. The van der Waals surface area contributed by atoms with E-state index >= 15 is 0 Å². The van der Waals surface area contributed by atoms with Crippen molar-refractivity contribution in [1.29, 1.82) is 0 Å². The molecule has 0 fully saturated rings. The third kappa shape index (κ3) is 3.01. The number of aromatic nitrogens is 1. The van der Waals surface area contributed by atoms with Crippen molar-refractivity contribution in [3.8, 4) is 11.3 Å². The number of nitrogens with zero attached hydrogens (tertiary/aromatic N) is 2. The lowest BCUT2D eigenvalue weighted by Gasteiger charge is -2.28. The first-order chi connectivity index (χ1) is 15.7. The third-order valence-electron chi connectivity index (χ3n) is 6.43. The van der Waals surface area contributed by atoms with Gasteiger partial charge in [0.2, 0.25) is 5.91 Å². The summed E-state index contributed by atoms with van der Waals surface area (Å²) in [6.45, 7) is 1.89. The zero-order valence-corrected chi connectivity index (χ0v) is 17.5. The Morgan fingerprint density at radius 1 is 0.938 bits per heavy atom. The molecule has 5 nitrogen and oxygen atoms in total. The first kappa shape index (κ1) is 18.9. The summed E-state index contributed by atoms with van der Waals surface area (Å²) in [6, 6.07) is 21.6. The SMILES string of the molecule is O=C(CN1CCc2ccccc2C1)Nc1cccc2c1C(=O)c1cccc3ccnc-2c13. The van der Waals surface area contributed by atoms with Gasteiger partial charge in [-0.1, -0.05) is 54.6 Å². The Kier molecular flexibility index (Phi) is 4.37. The van der Waals surface area contributed by atoms with Gasteiger partial charge in [-0.3, -0.25) is 19.5 Å². The number of fused-ring (bicyclic) bond motifs is 3. The molecule has 2 aliphatic rings. The van der Waals surface area contributed by atoms with E-state index in [9.17, 15) is 9.59 Å². The van der Waals surface area contributed by atoms with Crippen molar-refractivity contribution in [1.82, 2.24) is 9.88 Å². The molecule has 156 valence electrons. The quantitative estimate of drug-likeness (QED) is 0.470. The molecular weight excluding hydrogens is 398 g/mol. The van der Waals surface area contributed by atoms with Crippen LogP contribution < -0.4 is 5.32 Å². The summed E-state index contributed by atoms with van der Waals surface area (Å²) in [4.78, 5) is 33.1. The van der Waals surface area contributed by atoms with E-state index in [4.69, 9.17) is 0 Å². The lowest BCUT2D eigenvalue weighted by atomic mass is 9.85. The molecule has 1 N–H and O–H groups in total. The molecule has 0 spiro atoms. The van der Waals surface area contributed by atoms with Gasteiger partial charge in [0.1, 0.15) is 0 Å². The topological polar surface area (TPSA) is 62.3 Å². The van der Waals surface area contributed by atoms with Gasteiger partial charge in [-0.15, -0.1) is 0 Å². The summed E-state index contributed by atoms with van der Waals surface area (Å²) < 4.78 is 0. The first-order valence-corrected chi connectivity index (χ1v) is 10.8. The fraction of sp³-hybridized carbons (Fsp3) is 0.148. The number of benzene rings is 3. The second-order valence-corrected chi connectivity index (χ2v) is 8.40. The van der Waals surface area contributed by atoms with Crippen molar-refractivity contribution in [2.75, 3.05) is 18.4 Å². The van der Waals surface area contributed by atoms with Crippen molar-refractivity contribution in [3.63, 3.8) is 0 Å². The van der Waals surface area contributed by atoms with Crippen LogP contribution in [-0.4, -0.2) is 34.7 Å². The summed E-state index contributed by atoms with van der Waals surface area (Å²) in [6.07, 6.45) is 2.70. The summed E-state index contributed by atoms with van der Waals surface area (Å²) in [7, 11) is 0. The number of carbonyl (C=O) groups is 2. The summed E-state index contributed by atoms with van der Waals surface area (Å²) in [5.74, 6) is -0.190. The Bertz CT molecular complexity index is 1400. The van der Waals surface area contributed by atoms with Crippen LogP contribution in [0, 0.1) is 0 Å². The lowest BCUT2D eigenvalue weighted by molar-refractivity contribution is -0.117. The van der Waals surface area contributed by atoms with Crippen LogP contribution in [0.25, 0.3) is 22.0 Å². The van der Waals surface area contributed by atoms with Crippen LogP contribution in [0.5, 0.6) is 0 Å². The van der Waals surface area contributed by atoms with Crippen molar-refractivity contribution in [3.05, 3.63) is 95.2 Å². The first-order valence-electron chi connectivity index (χ1n) is 10.8. The Labute approximate surface area is 185 Å². The smallest absolute Gasteiger partial charge is 0.238 e. The van der Waals surface area contributed by atoms with Gasteiger partial charge in [0.05, 0.1) is 23.5 Å². The van der Waals surface area contributed by atoms with Gasteiger partial charge in [-0.2, -0.15) is 0 Å². The zero-order chi connectivity index (χ0) is 21.7. The van der Waals surface area contributed by atoms with Gasteiger partial charge < -0.3 is 5.32 Å². The van der Waals surface area contributed by atoms with Gasteiger partial charge >= 0.3 is 0 Å². The number of nitrogens with one attached hydrogen (secondary N) is 1. The van der Waals surface area contributed by atoms with Crippen LogP contribution in [-0.2, 0) is 17.8 Å². The van der Waals surface area contributed by atoms with Crippen molar-refractivity contribution in [2.24, 2.45) is 0 Å². The Balaban J connectivity index is 1.30. The lowest BCUT2D eigenvalue weighted by Crippen LogP contribution is -2.37. The van der Waals surface area contributed by atoms with E-state index in [2.05, 4.69) is 33.4 Å². The number of anilines is 1. The predicted octanol–water partition coefficient (Wildman–Crippen LogP) is 4.44. The van der Waals surface area contributed by atoms with E-state index in [-0.39, 0.29) is 18.2 Å². The molecule has 2 heterocycles. The van der Waals surface area contributed by atoms with Crippen molar-refractivity contribution in [2.45, 2.75) is 13.0 Å². The highest BCUT2D eigenvalue weighted by Crippen LogP contribution is 2.40. The Hall–Kier alpha value is -3.83. The third-order valence-corrected chi connectivity index (χ3v) is 6.43. The van der Waals surface area contributed by atoms with Crippen LogP contribution in [0.3, 0.4) is 0 Å². The highest BCUT2D eigenvalue weighted by atomic mass is 16.2. The molecule has 32 heavy (non-hydrogen) atoms. The zero-order valence-electron chi connectivity index (χ0n) is 17.5. The van der Waals surface area contributed by atoms with E-state index in [1.54, 1.807) is 12.3 Å². The molecule has 0 radical (unpaired) electrons. The minimum atomic E-state index is -0.115. The maximum atomic E-state index is 13.4. The largest absolute Gasteiger partial charge is 0.324 e. The molecule has 0 unspecified atom stereocenters. The average molecular weight is 419 g/mol. The number of hydrogen-bond donors (Lipinski definition) is 1. The molecule has 6 rings (SSSR count). The van der Waals surface area contributed by atoms with Crippen LogP contribution in [0.2, 0.25) is 0 Å².